The molecule has 3 aromatic rings. The molecule has 4 rings (SSSR count). The van der Waals surface area contributed by atoms with Gasteiger partial charge in [-0.3, -0.25) is 9.59 Å². The fourth-order valence-electron chi connectivity index (χ4n) is 3.82. The summed E-state index contributed by atoms with van der Waals surface area (Å²) in [4.78, 5) is 32.8. The highest BCUT2D eigenvalue weighted by Crippen LogP contribution is 2.28. The van der Waals surface area contributed by atoms with Crippen LogP contribution in [0.4, 0.5) is 10.1 Å². The van der Waals surface area contributed by atoms with Gasteiger partial charge < -0.3 is 14.3 Å². The van der Waals surface area contributed by atoms with Crippen molar-refractivity contribution in [1.29, 1.82) is 0 Å². The SMILES string of the molecule is CC(=O)c1ccc(N2CCN(C(=O)c3cccnc3SCc3c(C)noc3C)CC2)c(F)c1. The first kappa shape index (κ1) is 23.0. The van der Waals surface area contributed by atoms with Gasteiger partial charge in [-0.25, -0.2) is 9.37 Å². The highest BCUT2D eigenvalue weighted by molar-refractivity contribution is 7.98. The minimum absolute atomic E-state index is 0.0867. The quantitative estimate of drug-likeness (QED) is 0.395. The molecule has 1 saturated heterocycles. The van der Waals surface area contributed by atoms with E-state index in [2.05, 4.69) is 10.1 Å². The largest absolute Gasteiger partial charge is 0.366 e. The summed E-state index contributed by atoms with van der Waals surface area (Å²) in [6.45, 7) is 7.13. The van der Waals surface area contributed by atoms with E-state index in [0.29, 0.717) is 53.8 Å². The van der Waals surface area contributed by atoms with Gasteiger partial charge in [0.2, 0.25) is 0 Å². The van der Waals surface area contributed by atoms with Crippen LogP contribution in [0.15, 0.2) is 46.1 Å². The molecule has 1 aromatic carbocycles. The molecule has 0 atom stereocenters. The molecule has 33 heavy (non-hydrogen) atoms. The second-order valence-electron chi connectivity index (χ2n) is 7.95. The number of rotatable bonds is 6. The molecule has 1 fully saturated rings. The number of aromatic nitrogens is 2. The number of Topliss-reactive ketones (excluding diaryl/α,β-unsaturated/α-hetero) is 1. The number of carbonyl (C=O) groups is 2. The number of carbonyl (C=O) groups excluding carboxylic acids is 2. The Labute approximate surface area is 196 Å². The van der Waals surface area contributed by atoms with Crippen molar-refractivity contribution in [1.82, 2.24) is 15.0 Å². The molecule has 0 spiro atoms. The summed E-state index contributed by atoms with van der Waals surface area (Å²) >= 11 is 1.48. The van der Waals surface area contributed by atoms with E-state index in [0.717, 1.165) is 17.0 Å². The Morgan fingerprint density at radius 2 is 1.91 bits per heavy atom. The van der Waals surface area contributed by atoms with Gasteiger partial charge in [0.1, 0.15) is 16.6 Å². The maximum Gasteiger partial charge on any atom is 0.256 e. The molecule has 1 aliphatic rings. The minimum Gasteiger partial charge on any atom is -0.366 e. The molecular weight excluding hydrogens is 443 g/mol. The summed E-state index contributed by atoms with van der Waals surface area (Å²) in [6, 6.07) is 8.09. The summed E-state index contributed by atoms with van der Waals surface area (Å²) in [5.41, 5.74) is 3.20. The number of ketones is 1. The lowest BCUT2D eigenvalue weighted by Crippen LogP contribution is -2.49. The van der Waals surface area contributed by atoms with E-state index < -0.39 is 5.82 Å². The van der Waals surface area contributed by atoms with E-state index in [4.69, 9.17) is 4.52 Å². The first-order chi connectivity index (χ1) is 15.8. The zero-order valence-corrected chi connectivity index (χ0v) is 19.6. The number of thioether (sulfide) groups is 1. The Hall–Kier alpha value is -3.20. The highest BCUT2D eigenvalue weighted by atomic mass is 32.2. The van der Waals surface area contributed by atoms with Gasteiger partial charge in [-0.15, -0.1) is 11.8 Å². The Bertz CT molecular complexity index is 1170. The predicted octanol–water partition coefficient (Wildman–Crippen LogP) is 4.28. The molecule has 1 aliphatic heterocycles. The molecule has 1 amide bonds. The Balaban J connectivity index is 1.43. The third-order valence-corrected chi connectivity index (χ3v) is 6.83. The molecular formula is C24H25FN4O3S. The maximum atomic E-state index is 14.5. The van der Waals surface area contributed by atoms with Gasteiger partial charge in [0.15, 0.2) is 5.78 Å². The predicted molar refractivity (Wildman–Crippen MR) is 124 cm³/mol. The third-order valence-electron chi connectivity index (χ3n) is 5.80. The first-order valence-corrected chi connectivity index (χ1v) is 11.7. The minimum atomic E-state index is -0.423. The topological polar surface area (TPSA) is 79.5 Å². The summed E-state index contributed by atoms with van der Waals surface area (Å²) in [5.74, 6) is 0.699. The fourth-order valence-corrected chi connectivity index (χ4v) is 4.96. The van der Waals surface area contributed by atoms with Crippen LogP contribution in [0.3, 0.4) is 0 Å². The average Bonchev–Trinajstić information content (AvgIpc) is 3.14. The summed E-state index contributed by atoms with van der Waals surface area (Å²) in [6.07, 6.45) is 1.68. The number of aryl methyl sites for hydroxylation is 2. The number of hydrogen-bond donors (Lipinski definition) is 0. The summed E-state index contributed by atoms with van der Waals surface area (Å²) in [5, 5.41) is 4.64. The molecule has 3 heterocycles. The lowest BCUT2D eigenvalue weighted by Gasteiger charge is -2.36. The van der Waals surface area contributed by atoms with Crippen LogP contribution in [-0.4, -0.2) is 52.9 Å². The number of anilines is 1. The van der Waals surface area contributed by atoms with Crippen LogP contribution < -0.4 is 4.90 Å². The number of nitrogens with zero attached hydrogens (tertiary/aromatic N) is 4. The van der Waals surface area contributed by atoms with Gasteiger partial charge in [-0.1, -0.05) is 5.16 Å². The molecule has 0 N–H and O–H groups in total. The Kier molecular flexibility index (Phi) is 6.78. The third kappa shape index (κ3) is 4.93. The van der Waals surface area contributed by atoms with Gasteiger partial charge >= 0.3 is 0 Å². The number of pyridine rings is 1. The van der Waals surface area contributed by atoms with E-state index >= 15 is 0 Å². The molecule has 0 saturated carbocycles. The summed E-state index contributed by atoms with van der Waals surface area (Å²) < 4.78 is 19.8. The van der Waals surface area contributed by atoms with Crippen LogP contribution in [0.2, 0.25) is 0 Å². The maximum absolute atomic E-state index is 14.5. The number of piperazine rings is 1. The van der Waals surface area contributed by atoms with Crippen molar-refractivity contribution in [3.8, 4) is 0 Å². The normalized spacial score (nSPS) is 13.9. The van der Waals surface area contributed by atoms with Crippen LogP contribution in [0.5, 0.6) is 0 Å². The molecule has 0 bridgehead atoms. The summed E-state index contributed by atoms with van der Waals surface area (Å²) in [7, 11) is 0. The molecule has 0 unspecified atom stereocenters. The van der Waals surface area contributed by atoms with Crippen molar-refractivity contribution in [3.05, 3.63) is 70.5 Å². The van der Waals surface area contributed by atoms with Crippen molar-refractivity contribution < 1.29 is 18.5 Å². The van der Waals surface area contributed by atoms with Gasteiger partial charge in [0, 0.05) is 49.3 Å². The van der Waals surface area contributed by atoms with E-state index in [9.17, 15) is 14.0 Å². The zero-order chi connectivity index (χ0) is 23.5. The van der Waals surface area contributed by atoms with Crippen LogP contribution in [0.1, 0.15) is 44.7 Å². The number of benzene rings is 1. The van der Waals surface area contributed by atoms with Gasteiger partial charge in [0.25, 0.3) is 5.91 Å². The van der Waals surface area contributed by atoms with Gasteiger partial charge in [-0.2, -0.15) is 0 Å². The molecule has 172 valence electrons. The Morgan fingerprint density at radius 1 is 1.15 bits per heavy atom. The van der Waals surface area contributed by atoms with E-state index in [1.807, 2.05) is 18.7 Å². The molecule has 0 radical (unpaired) electrons. The van der Waals surface area contributed by atoms with Crippen molar-refractivity contribution >= 4 is 29.1 Å². The Morgan fingerprint density at radius 3 is 2.55 bits per heavy atom. The van der Waals surface area contributed by atoms with Crippen LogP contribution in [0.25, 0.3) is 0 Å². The molecule has 0 aliphatic carbocycles. The number of halogens is 1. The molecule has 7 nitrogen and oxygen atoms in total. The highest BCUT2D eigenvalue weighted by Gasteiger charge is 2.26. The second-order valence-corrected chi connectivity index (χ2v) is 8.91. The van der Waals surface area contributed by atoms with E-state index in [-0.39, 0.29) is 11.7 Å². The van der Waals surface area contributed by atoms with Crippen molar-refractivity contribution in [2.75, 3.05) is 31.1 Å². The van der Waals surface area contributed by atoms with E-state index in [1.54, 1.807) is 35.4 Å². The first-order valence-electron chi connectivity index (χ1n) is 10.7. The van der Waals surface area contributed by atoms with Crippen LogP contribution in [-0.2, 0) is 5.75 Å². The van der Waals surface area contributed by atoms with Crippen molar-refractivity contribution in [3.63, 3.8) is 0 Å². The molecule has 2 aromatic heterocycles. The monoisotopic (exact) mass is 468 g/mol. The van der Waals surface area contributed by atoms with Crippen molar-refractivity contribution in [2.45, 2.75) is 31.6 Å². The van der Waals surface area contributed by atoms with Crippen LogP contribution in [0, 0.1) is 19.7 Å². The van der Waals surface area contributed by atoms with Crippen LogP contribution >= 0.6 is 11.8 Å². The number of amides is 1. The number of hydrogen-bond acceptors (Lipinski definition) is 7. The van der Waals surface area contributed by atoms with Gasteiger partial charge in [-0.05, 0) is 51.1 Å². The van der Waals surface area contributed by atoms with E-state index in [1.165, 1.54) is 24.8 Å². The molecule has 9 heteroatoms. The lowest BCUT2D eigenvalue weighted by molar-refractivity contribution is 0.0742. The van der Waals surface area contributed by atoms with Gasteiger partial charge in [0.05, 0.1) is 16.9 Å². The second kappa shape index (κ2) is 9.74. The zero-order valence-electron chi connectivity index (χ0n) is 18.8. The van der Waals surface area contributed by atoms with Crippen molar-refractivity contribution in [2.24, 2.45) is 0 Å². The fraction of sp³-hybridized carbons (Fsp3) is 0.333. The smallest absolute Gasteiger partial charge is 0.256 e. The lowest BCUT2D eigenvalue weighted by atomic mass is 10.1. The average molecular weight is 469 g/mol. The standard InChI is InChI=1S/C24H25FN4O3S/c1-15-20(17(3)32-27-15)14-33-23-19(5-4-8-26-23)24(31)29-11-9-28(10-12-29)22-7-6-18(16(2)30)13-21(22)25/h4-8,13H,9-12,14H2,1-3H3.